The van der Waals surface area contributed by atoms with Crippen molar-refractivity contribution >= 4 is 29.8 Å². The molecule has 0 fully saturated rings. The Kier molecular flexibility index (Phi) is 50.1. The van der Waals surface area contributed by atoms with Gasteiger partial charge in [0.25, 0.3) is 0 Å². The summed E-state index contributed by atoms with van der Waals surface area (Å²) >= 11 is 0. The maximum Gasteiger partial charge on any atom is 0.330 e. The zero-order chi connectivity index (χ0) is 35.6. The number of aliphatic carboxylic acids is 5. The first kappa shape index (κ1) is 54.0. The van der Waals surface area contributed by atoms with Crippen molar-refractivity contribution < 1.29 is 75.0 Å². The molecule has 42 heavy (non-hydrogen) atoms. The minimum atomic E-state index is -0.935. The van der Waals surface area contributed by atoms with Gasteiger partial charge in [-0.1, -0.05) is 32.9 Å². The molecule has 0 amide bonds. The van der Waals surface area contributed by atoms with E-state index in [9.17, 15) is 24.0 Å². The largest absolute Gasteiger partial charge is 0.478 e. The van der Waals surface area contributed by atoms with Gasteiger partial charge >= 0.3 is 29.8 Å². The van der Waals surface area contributed by atoms with Gasteiger partial charge in [-0.05, 0) is 47.5 Å². The van der Waals surface area contributed by atoms with Crippen LogP contribution in [0.2, 0.25) is 0 Å². The van der Waals surface area contributed by atoms with Crippen molar-refractivity contribution in [3.05, 3.63) is 60.8 Å². The van der Waals surface area contributed by atoms with Crippen LogP contribution in [-0.4, -0.2) is 113 Å². The molecule has 1 unspecified atom stereocenters. The van der Waals surface area contributed by atoms with Crippen LogP contribution >= 0.6 is 0 Å². The van der Waals surface area contributed by atoms with Gasteiger partial charge in [0.05, 0.1) is 12.7 Å². The first-order valence-electron chi connectivity index (χ1n) is 11.5. The van der Waals surface area contributed by atoms with Crippen molar-refractivity contribution in [2.75, 3.05) is 26.4 Å². The van der Waals surface area contributed by atoms with Crippen molar-refractivity contribution in [1.29, 1.82) is 0 Å². The first-order chi connectivity index (χ1) is 18.9. The van der Waals surface area contributed by atoms with Crippen LogP contribution < -0.4 is 0 Å². The molecule has 15 nitrogen and oxygen atoms in total. The average Bonchev–Trinajstić information content (AvgIpc) is 2.86. The molecule has 0 heterocycles. The van der Waals surface area contributed by atoms with Crippen molar-refractivity contribution in [1.82, 2.24) is 0 Å². The SMILES string of the molecule is C=C(C)C(=O)O.C=C(C)C(=O)O.C=C(C)C(=O)O.C=C(C)C(=O)O.C=C(C)C(=O)O.OCCC(O)CO.OCCCO. The Hall–Kier alpha value is -4.15. The van der Waals surface area contributed by atoms with Gasteiger partial charge in [0.15, 0.2) is 0 Å². The maximum absolute atomic E-state index is 9.60. The van der Waals surface area contributed by atoms with E-state index >= 15 is 0 Å². The molecule has 0 aliphatic carbocycles. The van der Waals surface area contributed by atoms with E-state index in [1.807, 2.05) is 0 Å². The molecule has 15 heteroatoms. The van der Waals surface area contributed by atoms with Crippen LogP contribution in [0.15, 0.2) is 60.8 Å². The van der Waals surface area contributed by atoms with Crippen molar-refractivity contribution in [2.24, 2.45) is 0 Å². The first-order valence-corrected chi connectivity index (χ1v) is 11.5. The molecule has 0 aromatic heterocycles. The Bertz CT molecular complexity index is 641. The molecule has 0 bridgehead atoms. The molecule has 246 valence electrons. The molecule has 0 radical (unpaired) electrons. The Labute approximate surface area is 246 Å². The molecule has 0 aromatic carbocycles. The Balaban J connectivity index is -0.0000000682. The molecule has 0 rings (SSSR count). The molecule has 0 saturated heterocycles. The van der Waals surface area contributed by atoms with E-state index < -0.39 is 36.0 Å². The van der Waals surface area contributed by atoms with E-state index in [1.54, 1.807) is 0 Å². The number of aliphatic hydroxyl groups excluding tert-OH is 5. The van der Waals surface area contributed by atoms with Gasteiger partial charge in [-0.3, -0.25) is 0 Å². The highest BCUT2D eigenvalue weighted by atomic mass is 16.4. The zero-order valence-corrected chi connectivity index (χ0v) is 24.9. The van der Waals surface area contributed by atoms with E-state index in [0.29, 0.717) is 6.42 Å². The predicted molar refractivity (Wildman–Crippen MR) is 156 cm³/mol. The van der Waals surface area contributed by atoms with Gasteiger partial charge in [-0.15, -0.1) is 0 Å². The quantitative estimate of drug-likeness (QED) is 0.156. The number of hydrogen-bond donors (Lipinski definition) is 10. The van der Waals surface area contributed by atoms with E-state index in [-0.39, 0.29) is 60.7 Å². The lowest BCUT2D eigenvalue weighted by Crippen LogP contribution is -2.12. The maximum atomic E-state index is 9.60. The van der Waals surface area contributed by atoms with Crippen LogP contribution in [0.3, 0.4) is 0 Å². The summed E-state index contributed by atoms with van der Waals surface area (Å²) in [6.07, 6.45) is 0.0150. The smallest absolute Gasteiger partial charge is 0.330 e. The number of carbonyl (C=O) groups is 5. The van der Waals surface area contributed by atoms with Crippen molar-refractivity contribution in [3.63, 3.8) is 0 Å². The van der Waals surface area contributed by atoms with Crippen LogP contribution in [-0.2, 0) is 24.0 Å². The Morgan fingerprint density at radius 2 is 0.643 bits per heavy atom. The number of rotatable bonds is 10. The fourth-order valence-electron chi connectivity index (χ4n) is 0.311. The second kappa shape index (κ2) is 39.0. The summed E-state index contributed by atoms with van der Waals surface area (Å²) in [7, 11) is 0. The van der Waals surface area contributed by atoms with E-state index in [0.717, 1.165) is 0 Å². The zero-order valence-electron chi connectivity index (χ0n) is 24.9. The lowest BCUT2D eigenvalue weighted by Gasteiger charge is -2.00. The molecule has 0 aromatic rings. The summed E-state index contributed by atoms with van der Waals surface area (Å²) in [6, 6.07) is 0. The number of carboxylic acids is 5. The normalized spacial score (nSPS) is 8.71. The van der Waals surface area contributed by atoms with E-state index in [2.05, 4.69) is 32.9 Å². The topological polar surface area (TPSA) is 288 Å². The Morgan fingerprint density at radius 1 is 0.476 bits per heavy atom. The van der Waals surface area contributed by atoms with Gasteiger partial charge < -0.3 is 51.1 Å². The van der Waals surface area contributed by atoms with Gasteiger partial charge in [0, 0.05) is 47.7 Å². The second-order valence-corrected chi connectivity index (χ2v) is 7.58. The van der Waals surface area contributed by atoms with Crippen LogP contribution in [0, 0.1) is 0 Å². The van der Waals surface area contributed by atoms with Crippen molar-refractivity contribution in [2.45, 2.75) is 53.6 Å². The standard InChI is InChI=1S/C4H10O3.5C4H6O2.C3H8O2/c5-2-1-4(7)3-6;5*1-3(2)4(5)6;4-2-1-3-5/h4-7H,1-3H2;5*1H2,2H3,(H,5,6);4-5H,1-3H2. The van der Waals surface area contributed by atoms with Crippen LogP contribution in [0.1, 0.15) is 47.5 Å². The van der Waals surface area contributed by atoms with Crippen LogP contribution in [0.5, 0.6) is 0 Å². The minimum Gasteiger partial charge on any atom is -0.478 e. The minimum absolute atomic E-state index is 0.0677. The fraction of sp³-hybridized carbons (Fsp3) is 0.444. The Morgan fingerprint density at radius 3 is 0.667 bits per heavy atom. The molecule has 0 saturated carbocycles. The fourth-order valence-corrected chi connectivity index (χ4v) is 0.311. The highest BCUT2D eigenvalue weighted by Gasteiger charge is 1.97. The average molecular weight is 613 g/mol. The summed E-state index contributed by atoms with van der Waals surface area (Å²) in [5.74, 6) is -4.68. The van der Waals surface area contributed by atoms with E-state index in [4.69, 9.17) is 51.1 Å². The molecule has 1 atom stereocenters. The van der Waals surface area contributed by atoms with Gasteiger partial charge in [-0.25, -0.2) is 24.0 Å². The summed E-state index contributed by atoms with van der Waals surface area (Å²) in [5.41, 5.74) is 0.880. The van der Waals surface area contributed by atoms with Crippen LogP contribution in [0.25, 0.3) is 0 Å². The summed E-state index contributed by atoms with van der Waals surface area (Å²) in [5, 5.41) is 79.9. The van der Waals surface area contributed by atoms with Gasteiger partial charge in [0.1, 0.15) is 0 Å². The molecular formula is C27H48O15. The third kappa shape index (κ3) is 83.4. The molecule has 10 N–H and O–H groups in total. The summed E-state index contributed by atoms with van der Waals surface area (Å²) < 4.78 is 0. The molecule has 0 spiro atoms. The number of carboxylic acid groups (broad SMARTS) is 5. The van der Waals surface area contributed by atoms with E-state index in [1.165, 1.54) is 34.6 Å². The predicted octanol–water partition coefficient (Wildman–Crippen LogP) is 1.32. The monoisotopic (exact) mass is 612 g/mol. The summed E-state index contributed by atoms with van der Waals surface area (Å²) in [4.78, 5) is 48.0. The second-order valence-electron chi connectivity index (χ2n) is 7.58. The van der Waals surface area contributed by atoms with Crippen LogP contribution in [0.4, 0.5) is 0 Å². The third-order valence-electron chi connectivity index (χ3n) is 2.81. The highest BCUT2D eigenvalue weighted by Crippen LogP contribution is 1.85. The lowest BCUT2D eigenvalue weighted by molar-refractivity contribution is -0.133. The van der Waals surface area contributed by atoms with Gasteiger partial charge in [-0.2, -0.15) is 0 Å². The van der Waals surface area contributed by atoms with Crippen molar-refractivity contribution in [3.8, 4) is 0 Å². The molecule has 0 aliphatic heterocycles. The molecular weight excluding hydrogens is 564 g/mol. The summed E-state index contributed by atoms with van der Waals surface area (Å²) in [6.45, 7) is 22.9. The third-order valence-corrected chi connectivity index (χ3v) is 2.81. The lowest BCUT2D eigenvalue weighted by atomic mass is 10.3. The highest BCUT2D eigenvalue weighted by molar-refractivity contribution is 5.86. The number of aliphatic hydroxyl groups is 5. The number of hydrogen-bond acceptors (Lipinski definition) is 10. The molecule has 0 aliphatic rings. The van der Waals surface area contributed by atoms with Gasteiger partial charge in [0.2, 0.25) is 0 Å².